The number of carboxylic acids is 1. The van der Waals surface area contributed by atoms with Crippen molar-refractivity contribution in [1.82, 2.24) is 0 Å². The van der Waals surface area contributed by atoms with Crippen LogP contribution in [0.25, 0.3) is 0 Å². The predicted octanol–water partition coefficient (Wildman–Crippen LogP) is 6.70. The van der Waals surface area contributed by atoms with E-state index < -0.39 is 5.97 Å². The summed E-state index contributed by atoms with van der Waals surface area (Å²) in [5, 5.41) is 8.91. The highest BCUT2D eigenvalue weighted by Crippen LogP contribution is 2.28. The van der Waals surface area contributed by atoms with Gasteiger partial charge in [0.05, 0.1) is 13.0 Å². The van der Waals surface area contributed by atoms with Crippen LogP contribution in [0.5, 0.6) is 0 Å². The van der Waals surface area contributed by atoms with Gasteiger partial charge >= 0.3 is 5.97 Å². The van der Waals surface area contributed by atoms with E-state index in [2.05, 4.69) is 34.6 Å². The lowest BCUT2D eigenvalue weighted by atomic mass is 9.83. The Morgan fingerprint density at radius 2 is 1.36 bits per heavy atom. The van der Waals surface area contributed by atoms with Gasteiger partial charge in [0.1, 0.15) is 0 Å². The highest BCUT2D eigenvalue weighted by molar-refractivity contribution is 5.67. The molecule has 0 radical (unpaired) electrons. The van der Waals surface area contributed by atoms with Crippen molar-refractivity contribution >= 4 is 5.97 Å². The van der Waals surface area contributed by atoms with E-state index in [-0.39, 0.29) is 11.8 Å². The number of hydrogen-bond donors (Lipinski definition) is 1. The zero-order valence-electron chi connectivity index (χ0n) is 17.8. The maximum absolute atomic E-state index is 10.8. The van der Waals surface area contributed by atoms with Crippen molar-refractivity contribution in [2.24, 2.45) is 16.7 Å². The molecule has 0 bridgehead atoms. The molecule has 3 heteroatoms. The Bertz CT molecular complexity index is 347. The normalized spacial score (nSPS) is 13.8. The van der Waals surface area contributed by atoms with E-state index in [0.717, 1.165) is 25.4 Å². The zero-order valence-corrected chi connectivity index (χ0v) is 17.8. The molecule has 0 aliphatic carbocycles. The summed E-state index contributed by atoms with van der Waals surface area (Å²) in [6.45, 7) is 11.9. The smallest absolute Gasteiger partial charge is 0.303 e. The SMILES string of the molecule is COCC(C)(C)CCCCCC(C)CCCCCC(C)(C)CC(=O)O. The summed E-state index contributed by atoms with van der Waals surface area (Å²) in [6.07, 6.45) is 12.9. The average Bonchev–Trinajstić information content (AvgIpc) is 2.44. The lowest BCUT2D eigenvalue weighted by Crippen LogP contribution is -2.18. The van der Waals surface area contributed by atoms with E-state index in [4.69, 9.17) is 9.84 Å². The Kier molecular flexibility index (Phi) is 12.4. The number of carbonyl (C=O) groups is 1. The van der Waals surface area contributed by atoms with Gasteiger partial charge in [0.15, 0.2) is 0 Å². The number of rotatable bonds is 16. The first-order chi connectivity index (χ1) is 11.6. The van der Waals surface area contributed by atoms with Crippen molar-refractivity contribution < 1.29 is 14.6 Å². The van der Waals surface area contributed by atoms with Crippen molar-refractivity contribution in [1.29, 1.82) is 0 Å². The number of carboxylic acid groups (broad SMARTS) is 1. The van der Waals surface area contributed by atoms with Crippen LogP contribution in [0, 0.1) is 16.7 Å². The zero-order chi connectivity index (χ0) is 19.3. The molecule has 0 aromatic rings. The Morgan fingerprint density at radius 3 is 1.80 bits per heavy atom. The maximum Gasteiger partial charge on any atom is 0.303 e. The van der Waals surface area contributed by atoms with E-state index in [9.17, 15) is 4.79 Å². The first-order valence-corrected chi connectivity index (χ1v) is 10.3. The van der Waals surface area contributed by atoms with Crippen LogP contribution in [0.4, 0.5) is 0 Å². The molecule has 150 valence electrons. The molecule has 1 N–H and O–H groups in total. The largest absolute Gasteiger partial charge is 0.481 e. The third kappa shape index (κ3) is 15.4. The Hall–Kier alpha value is -0.570. The minimum Gasteiger partial charge on any atom is -0.481 e. The number of ether oxygens (including phenoxy) is 1. The van der Waals surface area contributed by atoms with Gasteiger partial charge in [-0.3, -0.25) is 4.79 Å². The van der Waals surface area contributed by atoms with Crippen LogP contribution in [0.2, 0.25) is 0 Å². The van der Waals surface area contributed by atoms with Crippen LogP contribution in [0.15, 0.2) is 0 Å². The van der Waals surface area contributed by atoms with Gasteiger partial charge in [0.2, 0.25) is 0 Å². The summed E-state index contributed by atoms with van der Waals surface area (Å²) < 4.78 is 5.28. The van der Waals surface area contributed by atoms with Gasteiger partial charge in [-0.1, -0.05) is 86.0 Å². The summed E-state index contributed by atoms with van der Waals surface area (Å²) in [7, 11) is 1.79. The Labute approximate surface area is 156 Å². The summed E-state index contributed by atoms with van der Waals surface area (Å²) in [5.41, 5.74) is 0.253. The van der Waals surface area contributed by atoms with Gasteiger partial charge in [0.25, 0.3) is 0 Å². The minimum absolute atomic E-state index is 0.0615. The fraction of sp³-hybridized carbons (Fsp3) is 0.955. The summed E-state index contributed by atoms with van der Waals surface area (Å²) in [4.78, 5) is 10.8. The molecule has 1 atom stereocenters. The van der Waals surface area contributed by atoms with E-state index >= 15 is 0 Å². The molecule has 0 saturated heterocycles. The van der Waals surface area contributed by atoms with Gasteiger partial charge in [-0.2, -0.15) is 0 Å². The topological polar surface area (TPSA) is 46.5 Å². The quantitative estimate of drug-likeness (QED) is 0.313. The standard InChI is InChI=1S/C22H44O3/c1-19(14-10-8-12-16-22(4,5)18-25-6)13-9-7-11-15-21(2,3)17-20(23)24/h19H,7-18H2,1-6H3,(H,23,24). The predicted molar refractivity (Wildman–Crippen MR) is 107 cm³/mol. The molecular weight excluding hydrogens is 312 g/mol. The van der Waals surface area contributed by atoms with Crippen LogP contribution in [-0.4, -0.2) is 24.8 Å². The second-order valence-electron chi connectivity index (χ2n) is 9.64. The van der Waals surface area contributed by atoms with Crippen LogP contribution in [-0.2, 0) is 9.53 Å². The lowest BCUT2D eigenvalue weighted by molar-refractivity contribution is -0.139. The molecule has 0 saturated carbocycles. The maximum atomic E-state index is 10.8. The second kappa shape index (κ2) is 12.7. The third-order valence-electron chi connectivity index (χ3n) is 5.27. The van der Waals surface area contributed by atoms with Gasteiger partial charge < -0.3 is 9.84 Å². The molecule has 0 rings (SSSR count). The molecule has 0 aliphatic rings. The van der Waals surface area contributed by atoms with Crippen molar-refractivity contribution in [3.05, 3.63) is 0 Å². The fourth-order valence-corrected chi connectivity index (χ4v) is 3.65. The monoisotopic (exact) mass is 356 g/mol. The van der Waals surface area contributed by atoms with Crippen molar-refractivity contribution in [3.8, 4) is 0 Å². The molecule has 0 spiro atoms. The van der Waals surface area contributed by atoms with E-state index in [1.807, 2.05) is 0 Å². The fourth-order valence-electron chi connectivity index (χ4n) is 3.65. The van der Waals surface area contributed by atoms with Gasteiger partial charge in [-0.25, -0.2) is 0 Å². The van der Waals surface area contributed by atoms with Gasteiger partial charge in [-0.15, -0.1) is 0 Å². The molecule has 0 aromatic carbocycles. The third-order valence-corrected chi connectivity index (χ3v) is 5.27. The molecule has 0 amide bonds. The highest BCUT2D eigenvalue weighted by Gasteiger charge is 2.21. The first-order valence-electron chi connectivity index (χ1n) is 10.3. The Morgan fingerprint density at radius 1 is 0.880 bits per heavy atom. The minimum atomic E-state index is -0.677. The molecule has 25 heavy (non-hydrogen) atoms. The number of aliphatic carboxylic acids is 1. The van der Waals surface area contributed by atoms with Crippen LogP contribution in [0.1, 0.15) is 105 Å². The molecular formula is C22H44O3. The molecule has 0 aromatic heterocycles. The van der Waals surface area contributed by atoms with Crippen LogP contribution < -0.4 is 0 Å². The second-order valence-corrected chi connectivity index (χ2v) is 9.64. The summed E-state index contributed by atoms with van der Waals surface area (Å²) in [6, 6.07) is 0. The van der Waals surface area contributed by atoms with Crippen molar-refractivity contribution in [2.75, 3.05) is 13.7 Å². The van der Waals surface area contributed by atoms with Crippen LogP contribution in [0.3, 0.4) is 0 Å². The molecule has 0 fully saturated rings. The van der Waals surface area contributed by atoms with Crippen molar-refractivity contribution in [3.63, 3.8) is 0 Å². The van der Waals surface area contributed by atoms with E-state index in [1.54, 1.807) is 7.11 Å². The Balaban J connectivity index is 3.59. The first kappa shape index (κ1) is 24.4. The van der Waals surface area contributed by atoms with E-state index in [0.29, 0.717) is 5.41 Å². The van der Waals surface area contributed by atoms with Crippen LogP contribution >= 0.6 is 0 Å². The number of unbranched alkanes of at least 4 members (excludes halogenated alkanes) is 4. The molecule has 0 aliphatic heterocycles. The summed E-state index contributed by atoms with van der Waals surface area (Å²) >= 11 is 0. The molecule has 0 heterocycles. The lowest BCUT2D eigenvalue weighted by Gasteiger charge is -2.23. The molecule has 1 unspecified atom stereocenters. The van der Waals surface area contributed by atoms with Gasteiger partial charge in [0, 0.05) is 7.11 Å². The number of methoxy groups -OCH3 is 1. The average molecular weight is 357 g/mol. The van der Waals surface area contributed by atoms with Crippen molar-refractivity contribution in [2.45, 2.75) is 105 Å². The number of hydrogen-bond acceptors (Lipinski definition) is 2. The van der Waals surface area contributed by atoms with E-state index in [1.165, 1.54) is 51.4 Å². The molecule has 3 nitrogen and oxygen atoms in total. The summed E-state index contributed by atoms with van der Waals surface area (Å²) in [5.74, 6) is 0.142. The van der Waals surface area contributed by atoms with Gasteiger partial charge in [-0.05, 0) is 29.6 Å². The highest BCUT2D eigenvalue weighted by atomic mass is 16.5.